The van der Waals surface area contributed by atoms with Crippen molar-refractivity contribution in [1.29, 1.82) is 0 Å². The quantitative estimate of drug-likeness (QED) is 0.622. The van der Waals surface area contributed by atoms with Crippen molar-refractivity contribution < 1.29 is 29.0 Å². The minimum absolute atomic E-state index is 0.0837. The first-order valence-corrected chi connectivity index (χ1v) is 8.99. The predicted octanol–water partition coefficient (Wildman–Crippen LogP) is 4.67. The van der Waals surface area contributed by atoms with Crippen LogP contribution in [0.4, 0.5) is 0 Å². The van der Waals surface area contributed by atoms with Crippen LogP contribution in [0.5, 0.6) is 0 Å². The predicted molar refractivity (Wildman–Crippen MR) is 103 cm³/mol. The topological polar surface area (TPSA) is 105 Å². The number of allylic oxidation sites excluding steroid dienone is 1. The number of rotatable bonds is 4. The molecule has 0 saturated heterocycles. The first-order chi connectivity index (χ1) is 13.4. The molecule has 0 unspecified atom stereocenters. The average Bonchev–Trinajstić information content (AvgIpc) is 3.27. The largest absolute Gasteiger partial charge is 0.478 e. The molecule has 6 nitrogen and oxygen atoms in total. The van der Waals surface area contributed by atoms with Crippen LogP contribution in [0.1, 0.15) is 36.8 Å². The first-order valence-electron chi connectivity index (χ1n) is 8.17. The summed E-state index contributed by atoms with van der Waals surface area (Å²) in [4.78, 5) is 36.4. The number of aromatic carboxylic acids is 2. The Morgan fingerprint density at radius 2 is 1.61 bits per heavy atom. The van der Waals surface area contributed by atoms with E-state index in [1.807, 2.05) is 12.1 Å². The summed E-state index contributed by atoms with van der Waals surface area (Å²) >= 11 is 1.35. The van der Waals surface area contributed by atoms with E-state index >= 15 is 0 Å². The maximum Gasteiger partial charge on any atom is 0.335 e. The van der Waals surface area contributed by atoms with E-state index in [1.54, 1.807) is 30.3 Å². The molecule has 1 aliphatic heterocycles. The fourth-order valence-electron chi connectivity index (χ4n) is 2.87. The number of thioether (sulfide) groups is 1. The molecule has 0 fully saturated rings. The summed E-state index contributed by atoms with van der Waals surface area (Å²) in [5.41, 5.74) is 0.674. The lowest BCUT2D eigenvalue weighted by Crippen LogP contribution is -2.02. The Hall–Kier alpha value is -3.58. The number of Topliss-reactive ketones (excluding diaryl/α,β-unsaturated/α-hetero) is 1. The van der Waals surface area contributed by atoms with Crippen molar-refractivity contribution in [1.82, 2.24) is 0 Å². The molecule has 1 aliphatic rings. The average molecular weight is 392 g/mol. The number of carbonyl (C=O) groups is 3. The molecule has 0 spiro atoms. The number of ketones is 1. The van der Waals surface area contributed by atoms with Gasteiger partial charge >= 0.3 is 11.9 Å². The monoisotopic (exact) mass is 392 g/mol. The van der Waals surface area contributed by atoms with Gasteiger partial charge in [0.25, 0.3) is 0 Å². The van der Waals surface area contributed by atoms with Crippen LogP contribution in [0.25, 0.3) is 17.4 Å². The van der Waals surface area contributed by atoms with Crippen molar-refractivity contribution in [2.45, 2.75) is 4.90 Å². The highest BCUT2D eigenvalue weighted by atomic mass is 32.2. The molecular formula is C21H12O6S. The summed E-state index contributed by atoms with van der Waals surface area (Å²) in [5.74, 6) is -1.82. The van der Waals surface area contributed by atoms with Crippen molar-refractivity contribution >= 4 is 35.6 Å². The molecule has 3 aromatic rings. The number of carboxylic acid groups (broad SMARTS) is 2. The number of fused-ring (bicyclic) bond motifs is 1. The van der Waals surface area contributed by atoms with E-state index in [4.69, 9.17) is 4.42 Å². The lowest BCUT2D eigenvalue weighted by atomic mass is 10.0. The normalized spacial score (nSPS) is 14.3. The van der Waals surface area contributed by atoms with E-state index < -0.39 is 11.9 Å². The minimum Gasteiger partial charge on any atom is -0.478 e. The molecule has 4 rings (SSSR count). The number of carbonyl (C=O) groups excluding carboxylic acids is 1. The molecule has 0 atom stereocenters. The molecule has 0 saturated carbocycles. The minimum atomic E-state index is -1.23. The van der Waals surface area contributed by atoms with Crippen LogP contribution in [0.2, 0.25) is 0 Å². The molecule has 2 heterocycles. The van der Waals surface area contributed by atoms with E-state index in [-0.39, 0.29) is 16.9 Å². The van der Waals surface area contributed by atoms with E-state index in [0.29, 0.717) is 27.6 Å². The zero-order valence-corrected chi connectivity index (χ0v) is 15.0. The SMILES string of the molecule is O=C(O)c1cc(C(=O)O)cc(-c2ccc(/C=C3/Sc4ccccc4C3=O)o2)c1. The van der Waals surface area contributed by atoms with Crippen LogP contribution in [0, 0.1) is 0 Å². The molecule has 0 bridgehead atoms. The maximum atomic E-state index is 12.5. The fourth-order valence-corrected chi connectivity index (χ4v) is 3.90. The Labute approximate surface area is 163 Å². The van der Waals surface area contributed by atoms with Crippen LogP contribution in [0.15, 0.2) is 68.8 Å². The summed E-state index contributed by atoms with van der Waals surface area (Å²) in [7, 11) is 0. The third-order valence-corrected chi connectivity index (χ3v) is 5.29. The molecular weight excluding hydrogens is 380 g/mol. The lowest BCUT2D eigenvalue weighted by molar-refractivity contribution is 0.0696. The van der Waals surface area contributed by atoms with Gasteiger partial charge in [-0.05, 0) is 48.5 Å². The van der Waals surface area contributed by atoms with Crippen molar-refractivity contribution in [3.8, 4) is 11.3 Å². The molecule has 0 amide bonds. The van der Waals surface area contributed by atoms with Crippen LogP contribution in [-0.4, -0.2) is 27.9 Å². The Morgan fingerprint density at radius 3 is 2.25 bits per heavy atom. The van der Waals surface area contributed by atoms with Gasteiger partial charge in [0, 0.05) is 16.0 Å². The summed E-state index contributed by atoms with van der Waals surface area (Å²) in [6.45, 7) is 0. The third-order valence-electron chi connectivity index (χ3n) is 4.19. The fraction of sp³-hybridized carbons (Fsp3) is 0. The number of furan rings is 1. The van der Waals surface area contributed by atoms with E-state index in [2.05, 4.69) is 0 Å². The van der Waals surface area contributed by atoms with Gasteiger partial charge in [0.1, 0.15) is 11.5 Å². The summed E-state index contributed by atoms with van der Waals surface area (Å²) < 4.78 is 5.72. The zero-order chi connectivity index (χ0) is 19.8. The van der Waals surface area contributed by atoms with E-state index in [1.165, 1.54) is 23.9 Å². The van der Waals surface area contributed by atoms with Crippen LogP contribution in [-0.2, 0) is 0 Å². The highest BCUT2D eigenvalue weighted by Crippen LogP contribution is 2.41. The summed E-state index contributed by atoms with van der Waals surface area (Å²) in [6, 6.07) is 14.3. The highest BCUT2D eigenvalue weighted by molar-refractivity contribution is 8.04. The molecule has 2 N–H and O–H groups in total. The second-order valence-corrected chi connectivity index (χ2v) is 7.13. The number of hydrogen-bond acceptors (Lipinski definition) is 5. The van der Waals surface area contributed by atoms with Crippen LogP contribution >= 0.6 is 11.8 Å². The second-order valence-electron chi connectivity index (χ2n) is 6.05. The maximum absolute atomic E-state index is 12.5. The Morgan fingerprint density at radius 1 is 0.929 bits per heavy atom. The second kappa shape index (κ2) is 6.86. The van der Waals surface area contributed by atoms with Gasteiger partial charge in [-0.1, -0.05) is 23.9 Å². The van der Waals surface area contributed by atoms with Crippen molar-refractivity contribution in [2.75, 3.05) is 0 Å². The van der Waals surface area contributed by atoms with Crippen molar-refractivity contribution in [3.05, 3.63) is 82.0 Å². The summed E-state index contributed by atoms with van der Waals surface area (Å²) in [6.07, 6.45) is 1.62. The van der Waals surface area contributed by atoms with E-state index in [0.717, 1.165) is 11.0 Å². The molecule has 7 heteroatoms. The zero-order valence-electron chi connectivity index (χ0n) is 14.2. The lowest BCUT2D eigenvalue weighted by Gasteiger charge is -2.03. The van der Waals surface area contributed by atoms with Crippen LogP contribution < -0.4 is 0 Å². The number of benzene rings is 2. The van der Waals surface area contributed by atoms with Crippen molar-refractivity contribution in [2.24, 2.45) is 0 Å². The van der Waals surface area contributed by atoms with Gasteiger partial charge in [-0.15, -0.1) is 0 Å². The van der Waals surface area contributed by atoms with Gasteiger partial charge in [-0.3, -0.25) is 4.79 Å². The van der Waals surface area contributed by atoms with Gasteiger partial charge in [-0.2, -0.15) is 0 Å². The Balaban J connectivity index is 1.69. The first kappa shape index (κ1) is 17.8. The highest BCUT2D eigenvalue weighted by Gasteiger charge is 2.25. The molecule has 0 aliphatic carbocycles. The Bertz CT molecular complexity index is 1140. The standard InChI is InChI=1S/C21H12O6S/c22-19-15-3-1-2-4-17(15)28-18(19)10-14-5-6-16(27-14)11-7-12(20(23)24)9-13(8-11)21(25)26/h1-10H,(H,23,24)(H,25,26)/b18-10+. The number of hydrogen-bond donors (Lipinski definition) is 2. The summed E-state index contributed by atoms with van der Waals surface area (Å²) in [5, 5.41) is 18.4. The van der Waals surface area contributed by atoms with Crippen LogP contribution in [0.3, 0.4) is 0 Å². The van der Waals surface area contributed by atoms with Gasteiger partial charge in [0.2, 0.25) is 5.78 Å². The van der Waals surface area contributed by atoms with Gasteiger partial charge in [-0.25, -0.2) is 9.59 Å². The van der Waals surface area contributed by atoms with E-state index in [9.17, 15) is 24.6 Å². The van der Waals surface area contributed by atoms with Crippen molar-refractivity contribution in [3.63, 3.8) is 0 Å². The van der Waals surface area contributed by atoms with Gasteiger partial charge in [0.05, 0.1) is 16.0 Å². The van der Waals surface area contributed by atoms with Gasteiger partial charge in [0.15, 0.2) is 0 Å². The van der Waals surface area contributed by atoms with Gasteiger partial charge < -0.3 is 14.6 Å². The smallest absolute Gasteiger partial charge is 0.335 e. The molecule has 1 aromatic heterocycles. The Kier molecular flexibility index (Phi) is 4.37. The molecule has 28 heavy (non-hydrogen) atoms. The molecule has 138 valence electrons. The molecule has 0 radical (unpaired) electrons. The molecule has 2 aromatic carbocycles. The third kappa shape index (κ3) is 3.23. The number of carboxylic acids is 2.